The van der Waals surface area contributed by atoms with Crippen molar-refractivity contribution in [2.75, 3.05) is 18.6 Å². The molecule has 0 bridgehead atoms. The van der Waals surface area contributed by atoms with Gasteiger partial charge in [-0.3, -0.25) is 4.79 Å². The molecule has 0 saturated carbocycles. The Morgan fingerprint density at radius 1 is 1.55 bits per heavy atom. The number of amides is 1. The van der Waals surface area contributed by atoms with Crippen molar-refractivity contribution in [1.82, 2.24) is 4.90 Å². The third-order valence-corrected chi connectivity index (χ3v) is 3.20. The molecule has 0 aromatic carbocycles. The lowest BCUT2D eigenvalue weighted by molar-refractivity contribution is -0.163. The second-order valence-corrected chi connectivity index (χ2v) is 5.26. The van der Waals surface area contributed by atoms with Gasteiger partial charge < -0.3 is 15.1 Å². The Balaban J connectivity index is 2.73. The van der Waals surface area contributed by atoms with E-state index >= 15 is 0 Å². The van der Waals surface area contributed by atoms with Crippen molar-refractivity contribution >= 4 is 17.7 Å². The minimum atomic E-state index is -4.47. The smallest absolute Gasteiger partial charge is 0.406 e. The molecule has 1 aromatic rings. The van der Waals surface area contributed by atoms with E-state index in [2.05, 4.69) is 0 Å². The Labute approximate surface area is 119 Å². The number of furan rings is 1. The summed E-state index contributed by atoms with van der Waals surface area (Å²) in [7, 11) is 0. The molecule has 0 saturated heterocycles. The Kier molecular flexibility index (Phi) is 6.41. The lowest BCUT2D eigenvalue weighted by atomic mass is 10.2. The third kappa shape index (κ3) is 5.87. The van der Waals surface area contributed by atoms with E-state index < -0.39 is 24.7 Å². The van der Waals surface area contributed by atoms with Gasteiger partial charge in [-0.2, -0.15) is 24.9 Å². The maximum atomic E-state index is 12.5. The van der Waals surface area contributed by atoms with Crippen molar-refractivity contribution < 1.29 is 22.4 Å². The number of halogens is 3. The maximum absolute atomic E-state index is 12.5. The van der Waals surface area contributed by atoms with Crippen LogP contribution >= 0.6 is 11.8 Å². The van der Waals surface area contributed by atoms with Crippen LogP contribution in [0.5, 0.6) is 0 Å². The number of hydrogen-bond acceptors (Lipinski definition) is 4. The van der Waals surface area contributed by atoms with E-state index in [0.717, 1.165) is 0 Å². The third-order valence-electron chi connectivity index (χ3n) is 2.56. The highest BCUT2D eigenvalue weighted by molar-refractivity contribution is 7.98. The molecule has 1 aromatic heterocycles. The molecule has 0 aliphatic rings. The van der Waals surface area contributed by atoms with Crippen LogP contribution in [0.15, 0.2) is 22.8 Å². The minimum absolute atomic E-state index is 0.238. The lowest BCUT2D eigenvalue weighted by Crippen LogP contribution is -2.47. The second kappa shape index (κ2) is 7.58. The van der Waals surface area contributed by atoms with E-state index in [1.165, 1.54) is 24.1 Å². The largest absolute Gasteiger partial charge is 0.467 e. The van der Waals surface area contributed by atoms with Gasteiger partial charge in [0.2, 0.25) is 5.91 Å². The van der Waals surface area contributed by atoms with Crippen molar-refractivity contribution in [3.63, 3.8) is 0 Å². The van der Waals surface area contributed by atoms with Crippen LogP contribution in [0.3, 0.4) is 0 Å². The van der Waals surface area contributed by atoms with Gasteiger partial charge in [-0.25, -0.2) is 0 Å². The summed E-state index contributed by atoms with van der Waals surface area (Å²) in [4.78, 5) is 12.7. The fraction of sp³-hybridized carbons (Fsp3) is 0.583. The van der Waals surface area contributed by atoms with Gasteiger partial charge in [-0.05, 0) is 30.6 Å². The molecule has 4 nitrogen and oxygen atoms in total. The topological polar surface area (TPSA) is 59.5 Å². The van der Waals surface area contributed by atoms with Gasteiger partial charge in [0.15, 0.2) is 0 Å². The highest BCUT2D eigenvalue weighted by Gasteiger charge is 2.34. The molecule has 0 radical (unpaired) electrons. The lowest BCUT2D eigenvalue weighted by Gasteiger charge is -2.25. The number of nitrogens with zero attached hydrogens (tertiary/aromatic N) is 1. The highest BCUT2D eigenvalue weighted by atomic mass is 32.2. The minimum Gasteiger partial charge on any atom is -0.467 e. The molecule has 2 N–H and O–H groups in total. The molecule has 1 rings (SSSR count). The van der Waals surface area contributed by atoms with Crippen LogP contribution in [0.4, 0.5) is 13.2 Å². The first-order valence-electron chi connectivity index (χ1n) is 5.96. The number of carbonyl (C=O) groups excluding carboxylic acids is 1. The molecule has 1 atom stereocenters. The van der Waals surface area contributed by atoms with E-state index in [-0.39, 0.29) is 6.54 Å². The summed E-state index contributed by atoms with van der Waals surface area (Å²) in [6.45, 7) is -1.57. The highest BCUT2D eigenvalue weighted by Crippen LogP contribution is 2.19. The van der Waals surface area contributed by atoms with Crippen molar-refractivity contribution in [3.05, 3.63) is 24.2 Å². The first kappa shape index (κ1) is 16.9. The van der Waals surface area contributed by atoms with Crippen LogP contribution in [0.25, 0.3) is 0 Å². The van der Waals surface area contributed by atoms with Gasteiger partial charge in [0.05, 0.1) is 18.8 Å². The van der Waals surface area contributed by atoms with Gasteiger partial charge in [0, 0.05) is 0 Å². The molecule has 20 heavy (non-hydrogen) atoms. The first-order valence-corrected chi connectivity index (χ1v) is 7.35. The van der Waals surface area contributed by atoms with E-state index in [1.54, 1.807) is 6.07 Å². The van der Waals surface area contributed by atoms with Crippen molar-refractivity contribution in [2.45, 2.75) is 25.2 Å². The predicted molar refractivity (Wildman–Crippen MR) is 71.2 cm³/mol. The van der Waals surface area contributed by atoms with E-state index in [9.17, 15) is 18.0 Å². The zero-order valence-corrected chi connectivity index (χ0v) is 11.8. The monoisotopic (exact) mass is 310 g/mol. The fourth-order valence-corrected chi connectivity index (χ4v) is 2.11. The van der Waals surface area contributed by atoms with Gasteiger partial charge in [0.25, 0.3) is 0 Å². The van der Waals surface area contributed by atoms with Crippen LogP contribution < -0.4 is 5.73 Å². The van der Waals surface area contributed by atoms with Crippen LogP contribution in [0.1, 0.15) is 12.2 Å². The predicted octanol–water partition coefficient (Wildman–Crippen LogP) is 2.25. The summed E-state index contributed by atoms with van der Waals surface area (Å²) in [6, 6.07) is 2.14. The van der Waals surface area contributed by atoms with Crippen LogP contribution in [0.2, 0.25) is 0 Å². The summed E-state index contributed by atoms with van der Waals surface area (Å²) in [6.07, 6.45) is -0.944. The Morgan fingerprint density at radius 3 is 2.75 bits per heavy atom. The number of rotatable bonds is 7. The van der Waals surface area contributed by atoms with Gasteiger partial charge >= 0.3 is 6.18 Å². The van der Waals surface area contributed by atoms with Crippen molar-refractivity contribution in [1.29, 1.82) is 0 Å². The summed E-state index contributed by atoms with van der Waals surface area (Å²) in [5.41, 5.74) is 5.65. The van der Waals surface area contributed by atoms with Crippen molar-refractivity contribution in [2.24, 2.45) is 5.73 Å². The zero-order chi connectivity index (χ0) is 15.2. The average molecular weight is 310 g/mol. The second-order valence-electron chi connectivity index (χ2n) is 4.28. The number of nitrogens with two attached hydrogens (primary N) is 1. The summed E-state index contributed by atoms with van der Waals surface area (Å²) in [5, 5.41) is 0. The molecule has 0 fully saturated rings. The molecule has 0 aliphatic carbocycles. The quantitative estimate of drug-likeness (QED) is 0.839. The van der Waals surface area contributed by atoms with Gasteiger partial charge in [0.1, 0.15) is 12.3 Å². The van der Waals surface area contributed by atoms with Crippen LogP contribution in [-0.2, 0) is 11.3 Å². The molecule has 1 heterocycles. The van der Waals surface area contributed by atoms with E-state index in [1.807, 2.05) is 6.26 Å². The molecule has 0 unspecified atom stereocenters. The standard InChI is InChI=1S/C12H17F3N2O2S/c1-20-6-4-10(16)11(18)17(8-12(13,14)15)7-9-3-2-5-19-9/h2-3,5,10H,4,6-8,16H2,1H3/t10-/m0/s1. The summed E-state index contributed by atoms with van der Waals surface area (Å²) in [5.74, 6) is 0.195. The molecule has 8 heteroatoms. The number of thioether (sulfide) groups is 1. The molecule has 0 spiro atoms. The van der Waals surface area contributed by atoms with E-state index in [4.69, 9.17) is 10.2 Å². The summed E-state index contributed by atoms with van der Waals surface area (Å²) < 4.78 is 42.6. The van der Waals surface area contributed by atoms with Crippen LogP contribution in [0, 0.1) is 0 Å². The van der Waals surface area contributed by atoms with Crippen LogP contribution in [-0.4, -0.2) is 41.6 Å². The van der Waals surface area contributed by atoms with E-state index in [0.29, 0.717) is 22.8 Å². The van der Waals surface area contributed by atoms with Gasteiger partial charge in [-0.15, -0.1) is 0 Å². The molecule has 1 amide bonds. The SMILES string of the molecule is CSCC[C@H](N)C(=O)N(Cc1ccco1)CC(F)(F)F. The molecule has 0 aliphatic heterocycles. The zero-order valence-electron chi connectivity index (χ0n) is 11.0. The molecule has 114 valence electrons. The Hall–Kier alpha value is -1.15. The van der Waals surface area contributed by atoms with Crippen molar-refractivity contribution in [3.8, 4) is 0 Å². The Bertz CT molecular complexity index is 409. The summed E-state index contributed by atoms with van der Waals surface area (Å²) >= 11 is 1.49. The number of carbonyl (C=O) groups is 1. The molecular formula is C12H17F3N2O2S. The number of alkyl halides is 3. The first-order chi connectivity index (χ1) is 9.33. The molecular weight excluding hydrogens is 293 g/mol. The van der Waals surface area contributed by atoms with Gasteiger partial charge in [-0.1, -0.05) is 0 Å². The fourth-order valence-electron chi connectivity index (χ4n) is 1.62. The Morgan fingerprint density at radius 2 is 2.25 bits per heavy atom. The number of hydrogen-bond donors (Lipinski definition) is 1. The normalized spacial score (nSPS) is 13.2. The maximum Gasteiger partial charge on any atom is 0.406 e. The average Bonchev–Trinajstić information content (AvgIpc) is 2.85.